The van der Waals surface area contributed by atoms with E-state index in [2.05, 4.69) is 21.3 Å². The molecule has 2 aromatic carbocycles. The maximum absolute atomic E-state index is 12.9. The van der Waals surface area contributed by atoms with Gasteiger partial charge in [-0.3, -0.25) is 9.52 Å². The second-order valence-electron chi connectivity index (χ2n) is 6.71. The van der Waals surface area contributed by atoms with E-state index in [1.807, 2.05) is 13.8 Å². The van der Waals surface area contributed by atoms with Crippen LogP contribution in [-0.2, 0) is 10.0 Å². The quantitative estimate of drug-likeness (QED) is 0.516. The predicted molar refractivity (Wildman–Crippen MR) is 113 cm³/mol. The van der Waals surface area contributed by atoms with E-state index in [9.17, 15) is 18.0 Å². The van der Waals surface area contributed by atoms with Gasteiger partial charge in [-0.15, -0.1) is 0 Å². The highest BCUT2D eigenvalue weighted by Gasteiger charge is 2.22. The van der Waals surface area contributed by atoms with Crippen molar-refractivity contribution in [1.82, 2.24) is 14.9 Å². The molecule has 0 bridgehead atoms. The Balaban J connectivity index is 1.95. The first kappa shape index (κ1) is 20.4. The van der Waals surface area contributed by atoms with Crippen LogP contribution in [0.25, 0.3) is 11.0 Å². The van der Waals surface area contributed by atoms with Crippen LogP contribution in [0.1, 0.15) is 24.2 Å². The topological polar surface area (TPSA) is 115 Å². The molecule has 29 heavy (non-hydrogen) atoms. The number of aromatic nitrogens is 2. The Morgan fingerprint density at radius 2 is 1.83 bits per heavy atom. The molecule has 0 saturated heterocycles. The van der Waals surface area contributed by atoms with E-state index in [-0.39, 0.29) is 22.1 Å². The SMILES string of the molecule is C=C(C)CN(CC)C(=O)c1ccccc1NS(=O)(=O)c1ccc2[nH]c(=O)[nH]c2c1. The van der Waals surface area contributed by atoms with Gasteiger partial charge in [-0.1, -0.05) is 24.3 Å². The maximum Gasteiger partial charge on any atom is 0.323 e. The summed E-state index contributed by atoms with van der Waals surface area (Å²) in [5.41, 5.74) is 1.71. The largest absolute Gasteiger partial charge is 0.335 e. The fourth-order valence-electron chi connectivity index (χ4n) is 2.96. The van der Waals surface area contributed by atoms with Gasteiger partial charge in [0.15, 0.2) is 0 Å². The molecule has 0 fully saturated rings. The molecule has 0 aliphatic heterocycles. The fourth-order valence-corrected chi connectivity index (χ4v) is 4.07. The number of likely N-dealkylation sites (N-methyl/N-ethyl adjacent to an activating group) is 1. The Morgan fingerprint density at radius 3 is 2.52 bits per heavy atom. The molecule has 152 valence electrons. The molecule has 1 heterocycles. The summed E-state index contributed by atoms with van der Waals surface area (Å²) < 4.78 is 28.3. The number of fused-ring (bicyclic) bond motifs is 1. The molecule has 1 amide bonds. The van der Waals surface area contributed by atoms with Crippen molar-refractivity contribution >= 4 is 32.7 Å². The second kappa shape index (κ2) is 7.96. The highest BCUT2D eigenvalue weighted by atomic mass is 32.2. The molecule has 0 aliphatic carbocycles. The fraction of sp³-hybridized carbons (Fsp3) is 0.200. The Kier molecular flexibility index (Phi) is 5.60. The average Bonchev–Trinajstić information content (AvgIpc) is 3.04. The van der Waals surface area contributed by atoms with Gasteiger partial charge in [-0.25, -0.2) is 13.2 Å². The smallest absolute Gasteiger partial charge is 0.323 e. The van der Waals surface area contributed by atoms with Gasteiger partial charge in [0.1, 0.15) is 0 Å². The summed E-state index contributed by atoms with van der Waals surface area (Å²) in [6, 6.07) is 10.7. The number of nitrogens with one attached hydrogen (secondary N) is 3. The number of para-hydroxylation sites is 1. The van der Waals surface area contributed by atoms with Crippen LogP contribution in [0.5, 0.6) is 0 Å². The number of hydrogen-bond donors (Lipinski definition) is 3. The Labute approximate surface area is 168 Å². The number of imidazole rings is 1. The van der Waals surface area contributed by atoms with Gasteiger partial charge in [-0.2, -0.15) is 0 Å². The maximum atomic E-state index is 12.9. The molecule has 0 aliphatic rings. The summed E-state index contributed by atoms with van der Waals surface area (Å²) >= 11 is 0. The lowest BCUT2D eigenvalue weighted by Gasteiger charge is -2.22. The zero-order valence-corrected chi connectivity index (χ0v) is 17.0. The number of carbonyl (C=O) groups excluding carboxylic acids is 1. The van der Waals surface area contributed by atoms with E-state index in [0.717, 1.165) is 5.57 Å². The molecule has 3 N–H and O–H groups in total. The third-order valence-electron chi connectivity index (χ3n) is 4.33. The molecular formula is C20H22N4O4S. The van der Waals surface area contributed by atoms with Crippen molar-refractivity contribution < 1.29 is 13.2 Å². The molecule has 1 aromatic heterocycles. The van der Waals surface area contributed by atoms with Crippen molar-refractivity contribution in [2.24, 2.45) is 0 Å². The second-order valence-corrected chi connectivity index (χ2v) is 8.40. The van der Waals surface area contributed by atoms with Crippen molar-refractivity contribution in [3.8, 4) is 0 Å². The highest BCUT2D eigenvalue weighted by molar-refractivity contribution is 7.92. The molecule has 0 saturated carbocycles. The van der Waals surface area contributed by atoms with Crippen LogP contribution in [-0.4, -0.2) is 42.3 Å². The van der Waals surface area contributed by atoms with Crippen molar-refractivity contribution in [2.75, 3.05) is 17.8 Å². The van der Waals surface area contributed by atoms with E-state index in [1.165, 1.54) is 24.3 Å². The minimum Gasteiger partial charge on any atom is -0.335 e. The molecule has 0 unspecified atom stereocenters. The predicted octanol–water partition coefficient (Wildman–Crippen LogP) is 2.70. The van der Waals surface area contributed by atoms with Crippen LogP contribution in [0.3, 0.4) is 0 Å². The van der Waals surface area contributed by atoms with Gasteiger partial charge in [0.25, 0.3) is 15.9 Å². The Hall–Kier alpha value is -3.33. The number of aromatic amines is 2. The zero-order valence-electron chi connectivity index (χ0n) is 16.2. The summed E-state index contributed by atoms with van der Waals surface area (Å²) in [4.78, 5) is 31.0. The third-order valence-corrected chi connectivity index (χ3v) is 5.69. The lowest BCUT2D eigenvalue weighted by atomic mass is 10.1. The van der Waals surface area contributed by atoms with Crippen LogP contribution in [0.2, 0.25) is 0 Å². The van der Waals surface area contributed by atoms with Gasteiger partial charge in [0.05, 0.1) is 27.2 Å². The molecule has 0 atom stereocenters. The minimum absolute atomic E-state index is 0.0308. The van der Waals surface area contributed by atoms with E-state index in [1.54, 1.807) is 23.1 Å². The lowest BCUT2D eigenvalue weighted by Crippen LogP contribution is -2.33. The summed E-state index contributed by atoms with van der Waals surface area (Å²) in [6.07, 6.45) is 0. The molecule has 0 radical (unpaired) electrons. The highest BCUT2D eigenvalue weighted by Crippen LogP contribution is 2.23. The summed E-state index contributed by atoms with van der Waals surface area (Å²) in [7, 11) is -3.98. The normalized spacial score (nSPS) is 11.4. The molecule has 9 heteroatoms. The number of benzene rings is 2. The minimum atomic E-state index is -3.98. The van der Waals surface area contributed by atoms with Gasteiger partial charge >= 0.3 is 5.69 Å². The first-order valence-corrected chi connectivity index (χ1v) is 10.5. The standard InChI is InChI=1S/C20H22N4O4S/c1-4-24(12-13(2)3)19(25)15-7-5-6-8-16(15)23-29(27,28)14-9-10-17-18(11-14)22-20(26)21-17/h5-11,23H,2,4,12H2,1,3H3,(H2,21,22,26). The summed E-state index contributed by atoms with van der Waals surface area (Å²) in [6.45, 7) is 8.35. The Morgan fingerprint density at radius 1 is 1.14 bits per heavy atom. The van der Waals surface area contributed by atoms with Gasteiger partial charge in [0, 0.05) is 13.1 Å². The number of amides is 1. The van der Waals surface area contributed by atoms with Gasteiger partial charge in [0.2, 0.25) is 0 Å². The average molecular weight is 414 g/mol. The number of anilines is 1. The van der Waals surface area contributed by atoms with Crippen LogP contribution >= 0.6 is 0 Å². The molecular weight excluding hydrogens is 392 g/mol. The lowest BCUT2D eigenvalue weighted by molar-refractivity contribution is 0.0779. The molecule has 0 spiro atoms. The van der Waals surface area contributed by atoms with Gasteiger partial charge in [-0.05, 0) is 44.2 Å². The van der Waals surface area contributed by atoms with E-state index < -0.39 is 15.7 Å². The van der Waals surface area contributed by atoms with Crippen LogP contribution < -0.4 is 10.4 Å². The monoisotopic (exact) mass is 414 g/mol. The summed E-state index contributed by atoms with van der Waals surface area (Å²) in [5.74, 6) is -0.292. The number of nitrogens with zero attached hydrogens (tertiary/aromatic N) is 1. The first-order chi connectivity index (χ1) is 13.7. The van der Waals surface area contributed by atoms with Crippen molar-refractivity contribution in [3.05, 3.63) is 70.7 Å². The number of rotatable bonds is 7. The molecule has 3 aromatic rings. The number of H-pyrrole nitrogens is 2. The van der Waals surface area contributed by atoms with Crippen molar-refractivity contribution in [3.63, 3.8) is 0 Å². The summed E-state index contributed by atoms with van der Waals surface area (Å²) in [5, 5.41) is 0. The van der Waals surface area contributed by atoms with Crippen LogP contribution in [0.15, 0.2) is 64.3 Å². The molecule has 8 nitrogen and oxygen atoms in total. The van der Waals surface area contributed by atoms with Gasteiger partial charge < -0.3 is 14.9 Å². The van der Waals surface area contributed by atoms with Crippen LogP contribution in [0.4, 0.5) is 5.69 Å². The number of sulfonamides is 1. The first-order valence-electron chi connectivity index (χ1n) is 8.99. The van der Waals surface area contributed by atoms with Crippen molar-refractivity contribution in [2.45, 2.75) is 18.7 Å². The van der Waals surface area contributed by atoms with E-state index in [4.69, 9.17) is 0 Å². The van der Waals surface area contributed by atoms with Crippen LogP contribution in [0, 0.1) is 0 Å². The number of carbonyl (C=O) groups is 1. The van der Waals surface area contributed by atoms with Crippen molar-refractivity contribution in [1.29, 1.82) is 0 Å². The van der Waals surface area contributed by atoms with E-state index in [0.29, 0.717) is 24.1 Å². The Bertz CT molecular complexity index is 1240. The molecule has 3 rings (SSSR count). The third kappa shape index (κ3) is 4.40. The number of hydrogen-bond acceptors (Lipinski definition) is 4. The van der Waals surface area contributed by atoms with E-state index >= 15 is 0 Å². The zero-order chi connectivity index (χ0) is 21.2.